The molecule has 1 saturated heterocycles. The zero-order valence-corrected chi connectivity index (χ0v) is 11.1. The van der Waals surface area contributed by atoms with Gasteiger partial charge in [-0.25, -0.2) is 14.6 Å². The van der Waals surface area contributed by atoms with Gasteiger partial charge >= 0.3 is 11.9 Å². The molecule has 0 N–H and O–H groups in total. The normalized spacial score (nSPS) is 17.8. The first-order valence-electron chi connectivity index (χ1n) is 5.93. The van der Waals surface area contributed by atoms with Gasteiger partial charge in [-0.3, -0.25) is 0 Å². The molecule has 0 spiro atoms. The molecule has 0 atom stereocenters. The lowest BCUT2D eigenvalue weighted by atomic mass is 10.2. The second-order valence-electron chi connectivity index (χ2n) is 4.41. The van der Waals surface area contributed by atoms with Crippen LogP contribution in [0.25, 0.3) is 0 Å². The Kier molecular flexibility index (Phi) is 3.88. The Hall–Kier alpha value is -2.57. The van der Waals surface area contributed by atoms with Crippen LogP contribution in [-0.4, -0.2) is 29.3 Å². The molecule has 1 aliphatic heterocycles. The fourth-order valence-corrected chi connectivity index (χ4v) is 1.49. The van der Waals surface area contributed by atoms with Crippen molar-refractivity contribution in [2.45, 2.75) is 19.6 Å². The lowest BCUT2D eigenvalue weighted by Gasteiger charge is -2.29. The summed E-state index contributed by atoms with van der Waals surface area (Å²) in [6.07, 6.45) is 2.90. The van der Waals surface area contributed by atoms with Gasteiger partial charge in [-0.15, -0.1) is 5.11 Å². The number of hydrogen-bond acceptors (Lipinski definition) is 7. The van der Waals surface area contributed by atoms with Gasteiger partial charge in [-0.2, -0.15) is 5.11 Å². The van der Waals surface area contributed by atoms with Gasteiger partial charge in [0.05, 0.1) is 6.54 Å². The lowest BCUT2D eigenvalue weighted by Crippen LogP contribution is -2.41. The van der Waals surface area contributed by atoms with Crippen molar-refractivity contribution >= 4 is 17.8 Å². The summed E-state index contributed by atoms with van der Waals surface area (Å²) in [5.74, 6) is -2.24. The van der Waals surface area contributed by atoms with Crippen molar-refractivity contribution in [1.82, 2.24) is 4.98 Å². The van der Waals surface area contributed by atoms with E-state index in [0.717, 1.165) is 0 Å². The zero-order chi connectivity index (χ0) is 14.6. The van der Waals surface area contributed by atoms with E-state index in [2.05, 4.69) is 15.2 Å². The zero-order valence-electron chi connectivity index (χ0n) is 11.1. The summed E-state index contributed by atoms with van der Waals surface area (Å²) >= 11 is 0. The van der Waals surface area contributed by atoms with Crippen LogP contribution in [0.15, 0.2) is 46.3 Å². The number of hydrogen-bond donors (Lipinski definition) is 0. The van der Waals surface area contributed by atoms with Crippen LogP contribution in [0, 0.1) is 0 Å². The topological polar surface area (TPSA) is 90.2 Å². The van der Waals surface area contributed by atoms with Crippen LogP contribution in [0.3, 0.4) is 0 Å². The molecule has 2 heterocycles. The van der Waals surface area contributed by atoms with E-state index in [9.17, 15) is 9.59 Å². The van der Waals surface area contributed by atoms with Gasteiger partial charge in [0, 0.05) is 20.0 Å². The number of carbonyl (C=O) groups is 2. The number of rotatable bonds is 3. The van der Waals surface area contributed by atoms with Crippen molar-refractivity contribution < 1.29 is 19.1 Å². The Morgan fingerprint density at radius 2 is 1.95 bits per heavy atom. The average molecular weight is 275 g/mol. The van der Waals surface area contributed by atoms with E-state index in [1.54, 1.807) is 24.4 Å². The molecule has 0 aliphatic carbocycles. The first-order valence-corrected chi connectivity index (χ1v) is 5.93. The predicted molar refractivity (Wildman–Crippen MR) is 68.0 cm³/mol. The summed E-state index contributed by atoms with van der Waals surface area (Å²) in [5, 5.41) is 7.65. The Labute approximate surface area is 115 Å². The van der Waals surface area contributed by atoms with Crippen LogP contribution < -0.4 is 0 Å². The highest BCUT2D eigenvalue weighted by Crippen LogP contribution is 2.22. The summed E-state index contributed by atoms with van der Waals surface area (Å²) in [4.78, 5) is 27.2. The highest BCUT2D eigenvalue weighted by atomic mass is 16.7. The predicted octanol–water partition coefficient (Wildman–Crippen LogP) is 1.93. The molecule has 0 amide bonds. The number of esters is 2. The second kappa shape index (κ2) is 5.60. The van der Waals surface area contributed by atoms with Gasteiger partial charge in [0.25, 0.3) is 5.79 Å². The van der Waals surface area contributed by atoms with Crippen LogP contribution in [0.1, 0.15) is 13.8 Å². The van der Waals surface area contributed by atoms with E-state index in [1.807, 2.05) is 0 Å². The van der Waals surface area contributed by atoms with Crippen molar-refractivity contribution in [1.29, 1.82) is 0 Å². The van der Waals surface area contributed by atoms with Gasteiger partial charge in [-0.05, 0) is 18.2 Å². The minimum absolute atomic E-state index is 0.0521. The first kappa shape index (κ1) is 13.9. The van der Waals surface area contributed by atoms with Crippen molar-refractivity contribution in [3.05, 3.63) is 36.0 Å². The largest absolute Gasteiger partial charge is 0.419 e. The first-order chi connectivity index (χ1) is 9.48. The molecule has 104 valence electrons. The quantitative estimate of drug-likeness (QED) is 0.364. The SMILES string of the molecule is CC1(C)OC(=O)C(=CCN=Nc2ccccn2)C(=O)O1. The maximum Gasteiger partial charge on any atom is 0.348 e. The number of pyridine rings is 1. The third kappa shape index (κ3) is 3.47. The third-order valence-corrected chi connectivity index (χ3v) is 2.32. The maximum absolute atomic E-state index is 11.6. The minimum atomic E-state index is -1.24. The molecule has 1 aromatic rings. The van der Waals surface area contributed by atoms with Crippen LogP contribution in [0.2, 0.25) is 0 Å². The van der Waals surface area contributed by atoms with Crippen molar-refractivity contribution in [2.75, 3.05) is 6.54 Å². The lowest BCUT2D eigenvalue weighted by molar-refractivity contribution is -0.222. The smallest absolute Gasteiger partial charge is 0.348 e. The monoisotopic (exact) mass is 275 g/mol. The Morgan fingerprint density at radius 3 is 2.55 bits per heavy atom. The van der Waals surface area contributed by atoms with E-state index in [0.29, 0.717) is 5.82 Å². The van der Waals surface area contributed by atoms with E-state index in [4.69, 9.17) is 9.47 Å². The molecule has 0 aromatic carbocycles. The molecule has 0 saturated carbocycles. The summed E-state index contributed by atoms with van der Waals surface area (Å²) in [6, 6.07) is 5.22. The third-order valence-electron chi connectivity index (χ3n) is 2.32. The summed E-state index contributed by atoms with van der Waals surface area (Å²) in [5.41, 5.74) is -0.177. The van der Waals surface area contributed by atoms with Gasteiger partial charge in [0.1, 0.15) is 5.57 Å². The highest BCUT2D eigenvalue weighted by Gasteiger charge is 2.38. The summed E-state index contributed by atoms with van der Waals surface area (Å²) < 4.78 is 9.87. The molecule has 2 rings (SSSR count). The Bertz CT molecular complexity index is 557. The Balaban J connectivity index is 2.00. The van der Waals surface area contributed by atoms with E-state index >= 15 is 0 Å². The number of ether oxygens (including phenoxy) is 2. The number of azo groups is 1. The summed E-state index contributed by atoms with van der Waals surface area (Å²) in [6.45, 7) is 3.03. The Morgan fingerprint density at radius 1 is 1.25 bits per heavy atom. The number of cyclic esters (lactones) is 2. The van der Waals surface area contributed by atoms with Gasteiger partial charge in [0.15, 0.2) is 5.82 Å². The molecule has 0 bridgehead atoms. The average Bonchev–Trinajstić information content (AvgIpc) is 2.37. The number of nitrogens with zero attached hydrogens (tertiary/aromatic N) is 3. The fourth-order valence-electron chi connectivity index (χ4n) is 1.49. The summed E-state index contributed by atoms with van der Waals surface area (Å²) in [7, 11) is 0. The van der Waals surface area contributed by atoms with Crippen molar-refractivity contribution in [3.63, 3.8) is 0 Å². The molecule has 1 fully saturated rings. The molecule has 20 heavy (non-hydrogen) atoms. The molecular formula is C13H13N3O4. The van der Waals surface area contributed by atoms with Gasteiger partial charge < -0.3 is 9.47 Å². The van der Waals surface area contributed by atoms with Crippen LogP contribution in [-0.2, 0) is 19.1 Å². The molecule has 1 aliphatic rings. The standard InChI is InChI=1S/C13H13N3O4/c1-13(2)19-11(17)9(12(18)20-13)6-8-15-16-10-5-3-4-7-14-10/h3-7H,8H2,1-2H3. The second-order valence-corrected chi connectivity index (χ2v) is 4.41. The van der Waals surface area contributed by atoms with Crippen LogP contribution in [0.5, 0.6) is 0 Å². The van der Waals surface area contributed by atoms with E-state index < -0.39 is 17.7 Å². The molecule has 1 aromatic heterocycles. The van der Waals surface area contributed by atoms with E-state index in [-0.39, 0.29) is 12.1 Å². The molecule has 0 unspecified atom stereocenters. The number of carbonyl (C=O) groups excluding carboxylic acids is 2. The molecular weight excluding hydrogens is 262 g/mol. The van der Waals surface area contributed by atoms with Crippen LogP contribution in [0.4, 0.5) is 5.82 Å². The van der Waals surface area contributed by atoms with Crippen LogP contribution >= 0.6 is 0 Å². The molecule has 7 heteroatoms. The molecule has 7 nitrogen and oxygen atoms in total. The fraction of sp³-hybridized carbons (Fsp3) is 0.308. The van der Waals surface area contributed by atoms with E-state index in [1.165, 1.54) is 19.9 Å². The van der Waals surface area contributed by atoms with Gasteiger partial charge in [0.2, 0.25) is 0 Å². The van der Waals surface area contributed by atoms with Gasteiger partial charge in [-0.1, -0.05) is 6.07 Å². The maximum atomic E-state index is 11.6. The van der Waals surface area contributed by atoms with Crippen molar-refractivity contribution in [2.24, 2.45) is 10.2 Å². The van der Waals surface area contributed by atoms with Crippen molar-refractivity contribution in [3.8, 4) is 0 Å². The number of aromatic nitrogens is 1. The highest BCUT2D eigenvalue weighted by molar-refractivity contribution is 6.15. The molecule has 0 radical (unpaired) electrons. The minimum Gasteiger partial charge on any atom is -0.419 e.